The van der Waals surface area contributed by atoms with E-state index < -0.39 is 0 Å². The molecule has 0 heteroatoms. The van der Waals surface area contributed by atoms with E-state index in [1.807, 2.05) is 0 Å². The first-order valence-electron chi connectivity index (χ1n) is 7.94. The van der Waals surface area contributed by atoms with Gasteiger partial charge in [0.05, 0.1) is 0 Å². The van der Waals surface area contributed by atoms with Crippen LogP contribution in [0.3, 0.4) is 0 Å². The molecule has 104 valence electrons. The third-order valence-corrected chi connectivity index (χ3v) is 5.12. The van der Waals surface area contributed by atoms with Crippen LogP contribution in [0.25, 0.3) is 5.57 Å². The van der Waals surface area contributed by atoms with Gasteiger partial charge in [-0.15, -0.1) is 6.42 Å². The smallest absolute Gasteiger partial charge is 0.0248 e. The number of rotatable bonds is 0. The Balaban J connectivity index is 2.15. The average molecular weight is 264 g/mol. The minimum atomic E-state index is 0.279. The normalized spacial score (nSPS) is 21.2. The monoisotopic (exact) mass is 264 g/mol. The van der Waals surface area contributed by atoms with Gasteiger partial charge in [-0.3, -0.25) is 0 Å². The van der Waals surface area contributed by atoms with Crippen LogP contribution >= 0.6 is 0 Å². The van der Waals surface area contributed by atoms with Crippen molar-refractivity contribution < 1.29 is 0 Å². The average Bonchev–Trinajstić information content (AvgIpc) is 2.47. The standard InChI is InChI=1S/C20H24/c1-4-15-10-11-19-18(14-15)17(12-13-20(19,2)3)16-8-6-5-7-9-16/h1,10-11,14H,5-9,12-13H2,2-3H3. The van der Waals surface area contributed by atoms with Crippen LogP contribution in [0.15, 0.2) is 23.8 Å². The van der Waals surface area contributed by atoms with Crippen LogP contribution in [0.2, 0.25) is 0 Å². The molecule has 1 aromatic carbocycles. The second-order valence-electron chi connectivity index (χ2n) is 6.93. The molecule has 1 saturated carbocycles. The van der Waals surface area contributed by atoms with Crippen molar-refractivity contribution in [1.82, 2.24) is 0 Å². The number of hydrogen-bond donors (Lipinski definition) is 0. The molecule has 0 unspecified atom stereocenters. The molecule has 0 nitrogen and oxygen atoms in total. The quantitative estimate of drug-likeness (QED) is 0.546. The maximum absolute atomic E-state index is 5.61. The molecular formula is C20H24. The number of terminal acetylenes is 1. The van der Waals surface area contributed by atoms with Gasteiger partial charge in [0, 0.05) is 5.56 Å². The predicted octanol–water partition coefficient (Wildman–Crippen LogP) is 5.46. The predicted molar refractivity (Wildman–Crippen MR) is 86.6 cm³/mol. The fraction of sp³-hybridized carbons (Fsp3) is 0.500. The van der Waals surface area contributed by atoms with Crippen molar-refractivity contribution in [3.63, 3.8) is 0 Å². The van der Waals surface area contributed by atoms with E-state index in [1.54, 1.807) is 11.1 Å². The summed E-state index contributed by atoms with van der Waals surface area (Å²) in [5, 5.41) is 0. The van der Waals surface area contributed by atoms with Crippen LogP contribution in [0.5, 0.6) is 0 Å². The van der Waals surface area contributed by atoms with Gasteiger partial charge < -0.3 is 0 Å². The van der Waals surface area contributed by atoms with E-state index in [4.69, 9.17) is 6.42 Å². The molecule has 0 saturated heterocycles. The highest BCUT2D eigenvalue weighted by Gasteiger charge is 2.31. The largest absolute Gasteiger partial charge is 0.115 e. The van der Waals surface area contributed by atoms with Crippen molar-refractivity contribution in [3.8, 4) is 12.3 Å². The van der Waals surface area contributed by atoms with Gasteiger partial charge in [0.1, 0.15) is 0 Å². The lowest BCUT2D eigenvalue weighted by Crippen LogP contribution is -2.24. The number of allylic oxidation sites excluding steroid dienone is 2. The lowest BCUT2D eigenvalue weighted by atomic mass is 9.69. The molecule has 20 heavy (non-hydrogen) atoms. The second kappa shape index (κ2) is 5.13. The van der Waals surface area contributed by atoms with Gasteiger partial charge in [0.25, 0.3) is 0 Å². The maximum Gasteiger partial charge on any atom is 0.0248 e. The van der Waals surface area contributed by atoms with E-state index in [-0.39, 0.29) is 5.41 Å². The molecule has 3 rings (SSSR count). The van der Waals surface area contributed by atoms with Gasteiger partial charge >= 0.3 is 0 Å². The van der Waals surface area contributed by atoms with E-state index in [9.17, 15) is 0 Å². The molecule has 0 radical (unpaired) electrons. The summed E-state index contributed by atoms with van der Waals surface area (Å²) in [4.78, 5) is 0. The Bertz CT molecular complexity index is 585. The SMILES string of the molecule is C#Cc1ccc2c(c1)C(=C1CCCCC1)CCC2(C)C. The summed E-state index contributed by atoms with van der Waals surface area (Å²) >= 11 is 0. The van der Waals surface area contributed by atoms with Crippen LogP contribution < -0.4 is 0 Å². The van der Waals surface area contributed by atoms with Gasteiger partial charge in [-0.05, 0) is 72.8 Å². The van der Waals surface area contributed by atoms with Crippen molar-refractivity contribution in [2.75, 3.05) is 0 Å². The minimum absolute atomic E-state index is 0.279. The lowest BCUT2D eigenvalue weighted by Gasteiger charge is -2.36. The summed E-state index contributed by atoms with van der Waals surface area (Å²) in [6, 6.07) is 6.63. The Morgan fingerprint density at radius 2 is 1.80 bits per heavy atom. The topological polar surface area (TPSA) is 0 Å². The fourth-order valence-corrected chi connectivity index (χ4v) is 3.83. The summed E-state index contributed by atoms with van der Waals surface area (Å²) in [5.74, 6) is 2.81. The summed E-state index contributed by atoms with van der Waals surface area (Å²) in [6.45, 7) is 4.73. The van der Waals surface area contributed by atoms with Crippen molar-refractivity contribution in [2.24, 2.45) is 0 Å². The summed E-state index contributed by atoms with van der Waals surface area (Å²) in [7, 11) is 0. The van der Waals surface area contributed by atoms with Crippen LogP contribution in [0, 0.1) is 12.3 Å². The second-order valence-corrected chi connectivity index (χ2v) is 6.93. The highest BCUT2D eigenvalue weighted by atomic mass is 14.3. The van der Waals surface area contributed by atoms with Crippen molar-refractivity contribution in [3.05, 3.63) is 40.5 Å². The fourth-order valence-electron chi connectivity index (χ4n) is 3.83. The van der Waals surface area contributed by atoms with Gasteiger partial charge in [-0.1, -0.05) is 37.8 Å². The van der Waals surface area contributed by atoms with Gasteiger partial charge in [0.2, 0.25) is 0 Å². The molecule has 0 heterocycles. The van der Waals surface area contributed by atoms with Crippen LogP contribution in [-0.4, -0.2) is 0 Å². The Morgan fingerprint density at radius 3 is 2.50 bits per heavy atom. The highest BCUT2D eigenvalue weighted by molar-refractivity contribution is 5.75. The molecule has 2 aliphatic rings. The number of fused-ring (bicyclic) bond motifs is 1. The van der Waals surface area contributed by atoms with Gasteiger partial charge in [-0.25, -0.2) is 0 Å². The summed E-state index contributed by atoms with van der Waals surface area (Å²) in [6.07, 6.45) is 14.8. The lowest BCUT2D eigenvalue weighted by molar-refractivity contribution is 0.471. The molecule has 2 aliphatic carbocycles. The molecule has 1 fully saturated rings. The molecule has 0 aliphatic heterocycles. The van der Waals surface area contributed by atoms with Gasteiger partial charge in [-0.2, -0.15) is 0 Å². The van der Waals surface area contributed by atoms with E-state index in [1.165, 1.54) is 56.1 Å². The molecule has 1 aromatic rings. The molecule has 0 amide bonds. The van der Waals surface area contributed by atoms with Crippen LogP contribution in [0.1, 0.15) is 75.5 Å². The molecular weight excluding hydrogens is 240 g/mol. The molecule has 0 spiro atoms. The van der Waals surface area contributed by atoms with E-state index in [0.717, 1.165) is 5.56 Å². The summed E-state index contributed by atoms with van der Waals surface area (Å²) in [5.41, 5.74) is 7.58. The first-order valence-corrected chi connectivity index (χ1v) is 7.94. The van der Waals surface area contributed by atoms with Crippen molar-refractivity contribution >= 4 is 5.57 Å². The molecule has 0 aromatic heterocycles. The first kappa shape index (κ1) is 13.5. The Morgan fingerprint density at radius 1 is 1.05 bits per heavy atom. The van der Waals surface area contributed by atoms with Crippen molar-refractivity contribution in [1.29, 1.82) is 0 Å². The van der Waals surface area contributed by atoms with E-state index >= 15 is 0 Å². The maximum atomic E-state index is 5.61. The highest BCUT2D eigenvalue weighted by Crippen LogP contribution is 2.45. The van der Waals surface area contributed by atoms with Crippen LogP contribution in [-0.2, 0) is 5.41 Å². The summed E-state index contributed by atoms with van der Waals surface area (Å²) < 4.78 is 0. The zero-order chi connectivity index (χ0) is 14.2. The van der Waals surface area contributed by atoms with Crippen molar-refractivity contribution in [2.45, 2.75) is 64.2 Å². The number of benzene rings is 1. The molecule has 0 atom stereocenters. The minimum Gasteiger partial charge on any atom is -0.115 e. The van der Waals surface area contributed by atoms with Gasteiger partial charge in [0.15, 0.2) is 0 Å². The Hall–Kier alpha value is -1.48. The third kappa shape index (κ3) is 2.31. The Labute approximate surface area is 123 Å². The van der Waals surface area contributed by atoms with E-state index in [0.29, 0.717) is 0 Å². The van der Waals surface area contributed by atoms with Crippen LogP contribution in [0.4, 0.5) is 0 Å². The zero-order valence-corrected chi connectivity index (χ0v) is 12.8. The third-order valence-electron chi connectivity index (χ3n) is 5.12. The first-order chi connectivity index (χ1) is 9.62. The number of hydrogen-bond acceptors (Lipinski definition) is 0. The Kier molecular flexibility index (Phi) is 3.47. The molecule has 0 bridgehead atoms. The zero-order valence-electron chi connectivity index (χ0n) is 12.8. The molecule has 0 N–H and O–H groups in total. The van der Waals surface area contributed by atoms with E-state index in [2.05, 4.69) is 38.0 Å².